The second kappa shape index (κ2) is 7.07. The Bertz CT molecular complexity index is 351. The van der Waals surface area contributed by atoms with Crippen LogP contribution in [0.1, 0.15) is 39.0 Å². The molecule has 0 aromatic carbocycles. The first-order valence-corrected chi connectivity index (χ1v) is 8.60. The molecular weight excluding hydrogens is 266 g/mol. The molecule has 5 nitrogen and oxygen atoms in total. The van der Waals surface area contributed by atoms with Crippen LogP contribution in [0.5, 0.6) is 0 Å². The fraction of sp³-hybridized carbons (Fsp3) is 0.938. The molecule has 0 saturated carbocycles. The van der Waals surface area contributed by atoms with Crippen molar-refractivity contribution in [2.75, 3.05) is 32.8 Å². The van der Waals surface area contributed by atoms with Gasteiger partial charge < -0.3 is 15.4 Å². The Morgan fingerprint density at radius 3 is 2.81 bits per heavy atom. The second-order valence-corrected chi connectivity index (χ2v) is 6.80. The Labute approximate surface area is 127 Å². The summed E-state index contributed by atoms with van der Waals surface area (Å²) in [6, 6.07) is 0.919. The van der Waals surface area contributed by atoms with E-state index in [4.69, 9.17) is 4.74 Å². The number of carbonyl (C=O) groups excluding carboxylic acids is 1. The molecular formula is C16H29N3O2. The Morgan fingerprint density at radius 2 is 2.10 bits per heavy atom. The summed E-state index contributed by atoms with van der Waals surface area (Å²) in [6.07, 6.45) is 5.60. The minimum absolute atomic E-state index is 0.0953. The fourth-order valence-corrected chi connectivity index (χ4v) is 4.03. The summed E-state index contributed by atoms with van der Waals surface area (Å²) >= 11 is 0. The van der Waals surface area contributed by atoms with Crippen LogP contribution in [0.4, 0.5) is 0 Å². The first-order chi connectivity index (χ1) is 10.3. The largest absolute Gasteiger partial charge is 0.381 e. The molecule has 21 heavy (non-hydrogen) atoms. The number of nitrogens with zero attached hydrogens (tertiary/aromatic N) is 1. The maximum atomic E-state index is 12.7. The molecule has 0 aliphatic carbocycles. The zero-order valence-electron chi connectivity index (χ0n) is 13.1. The van der Waals surface area contributed by atoms with Gasteiger partial charge in [0.05, 0.1) is 12.6 Å². The van der Waals surface area contributed by atoms with Crippen molar-refractivity contribution in [2.45, 2.75) is 57.2 Å². The number of piperidine rings is 1. The van der Waals surface area contributed by atoms with Gasteiger partial charge in [-0.25, -0.2) is 0 Å². The van der Waals surface area contributed by atoms with E-state index in [1.165, 1.54) is 12.8 Å². The monoisotopic (exact) mass is 295 g/mol. The van der Waals surface area contributed by atoms with Gasteiger partial charge in [-0.2, -0.15) is 0 Å². The quantitative estimate of drug-likeness (QED) is 0.803. The molecule has 3 atom stereocenters. The van der Waals surface area contributed by atoms with Crippen LogP contribution in [0.3, 0.4) is 0 Å². The third-order valence-electron chi connectivity index (χ3n) is 5.42. The van der Waals surface area contributed by atoms with Crippen LogP contribution in [0.25, 0.3) is 0 Å². The Kier molecular flexibility index (Phi) is 5.14. The van der Waals surface area contributed by atoms with Gasteiger partial charge in [-0.15, -0.1) is 0 Å². The highest BCUT2D eigenvalue weighted by molar-refractivity contribution is 5.82. The molecule has 3 fully saturated rings. The lowest BCUT2D eigenvalue weighted by atomic mass is 9.99. The van der Waals surface area contributed by atoms with Gasteiger partial charge in [0.1, 0.15) is 0 Å². The molecule has 3 heterocycles. The lowest BCUT2D eigenvalue weighted by Crippen LogP contribution is -2.52. The molecule has 3 unspecified atom stereocenters. The van der Waals surface area contributed by atoms with Crippen LogP contribution < -0.4 is 10.6 Å². The number of rotatable bonds is 4. The Balaban J connectivity index is 1.54. The van der Waals surface area contributed by atoms with E-state index in [1.54, 1.807) is 0 Å². The first kappa shape index (κ1) is 15.3. The van der Waals surface area contributed by atoms with Gasteiger partial charge in [-0.3, -0.25) is 9.69 Å². The van der Waals surface area contributed by atoms with E-state index in [2.05, 4.69) is 22.5 Å². The van der Waals surface area contributed by atoms with Crippen molar-refractivity contribution in [1.82, 2.24) is 15.5 Å². The molecule has 3 aliphatic rings. The van der Waals surface area contributed by atoms with Crippen molar-refractivity contribution in [3.05, 3.63) is 0 Å². The number of ether oxygens (including phenoxy) is 1. The Morgan fingerprint density at radius 1 is 1.29 bits per heavy atom. The molecule has 0 aromatic rings. The van der Waals surface area contributed by atoms with Crippen LogP contribution in [0.2, 0.25) is 0 Å². The molecule has 1 amide bonds. The number of likely N-dealkylation sites (tertiary alicyclic amines) is 1. The van der Waals surface area contributed by atoms with Gasteiger partial charge in [0, 0.05) is 24.6 Å². The summed E-state index contributed by atoms with van der Waals surface area (Å²) in [5.41, 5.74) is 0. The fourth-order valence-electron chi connectivity index (χ4n) is 4.03. The van der Waals surface area contributed by atoms with Gasteiger partial charge >= 0.3 is 0 Å². The van der Waals surface area contributed by atoms with Gasteiger partial charge in [-0.05, 0) is 58.7 Å². The minimum Gasteiger partial charge on any atom is -0.381 e. The van der Waals surface area contributed by atoms with Crippen LogP contribution in [-0.4, -0.2) is 61.8 Å². The van der Waals surface area contributed by atoms with Gasteiger partial charge in [0.2, 0.25) is 5.91 Å². The number of carbonyl (C=O) groups is 1. The van der Waals surface area contributed by atoms with E-state index in [0.717, 1.165) is 52.1 Å². The van der Waals surface area contributed by atoms with Crippen LogP contribution in [0, 0.1) is 5.92 Å². The molecule has 5 heteroatoms. The molecule has 0 radical (unpaired) electrons. The van der Waals surface area contributed by atoms with Crippen LogP contribution in [-0.2, 0) is 9.53 Å². The smallest absolute Gasteiger partial charge is 0.237 e. The number of amides is 1. The van der Waals surface area contributed by atoms with E-state index in [0.29, 0.717) is 12.0 Å². The third-order valence-corrected chi connectivity index (χ3v) is 5.42. The normalized spacial score (nSPS) is 33.2. The molecule has 0 spiro atoms. The average Bonchev–Trinajstić information content (AvgIpc) is 3.19. The van der Waals surface area contributed by atoms with Crippen molar-refractivity contribution >= 4 is 5.91 Å². The summed E-state index contributed by atoms with van der Waals surface area (Å²) in [5, 5.41) is 6.67. The average molecular weight is 295 g/mol. The topological polar surface area (TPSA) is 53.6 Å². The van der Waals surface area contributed by atoms with E-state index in [1.807, 2.05) is 0 Å². The van der Waals surface area contributed by atoms with Crippen molar-refractivity contribution in [3.63, 3.8) is 0 Å². The van der Waals surface area contributed by atoms with E-state index < -0.39 is 0 Å². The van der Waals surface area contributed by atoms with Crippen LogP contribution >= 0.6 is 0 Å². The van der Waals surface area contributed by atoms with Gasteiger partial charge in [0.25, 0.3) is 0 Å². The summed E-state index contributed by atoms with van der Waals surface area (Å²) in [5.74, 6) is 0.730. The van der Waals surface area contributed by atoms with Crippen molar-refractivity contribution in [1.29, 1.82) is 0 Å². The number of hydrogen-bond donors (Lipinski definition) is 2. The van der Waals surface area contributed by atoms with Gasteiger partial charge in [0.15, 0.2) is 0 Å². The lowest BCUT2D eigenvalue weighted by molar-refractivity contribution is -0.127. The molecule has 3 aliphatic heterocycles. The van der Waals surface area contributed by atoms with E-state index >= 15 is 0 Å². The van der Waals surface area contributed by atoms with Crippen LogP contribution in [0.15, 0.2) is 0 Å². The van der Waals surface area contributed by atoms with Gasteiger partial charge in [-0.1, -0.05) is 0 Å². The van der Waals surface area contributed by atoms with Crippen molar-refractivity contribution in [3.8, 4) is 0 Å². The van der Waals surface area contributed by atoms with E-state index in [-0.39, 0.29) is 18.0 Å². The first-order valence-electron chi connectivity index (χ1n) is 8.60. The summed E-state index contributed by atoms with van der Waals surface area (Å²) in [7, 11) is 0. The summed E-state index contributed by atoms with van der Waals surface area (Å²) < 4.78 is 5.43. The molecule has 0 aromatic heterocycles. The summed E-state index contributed by atoms with van der Waals surface area (Å²) in [6.45, 7) is 7.03. The number of hydrogen-bond acceptors (Lipinski definition) is 4. The molecule has 3 saturated heterocycles. The maximum absolute atomic E-state index is 12.7. The highest BCUT2D eigenvalue weighted by Crippen LogP contribution is 2.25. The van der Waals surface area contributed by atoms with E-state index in [9.17, 15) is 4.79 Å². The zero-order chi connectivity index (χ0) is 14.7. The molecule has 2 N–H and O–H groups in total. The predicted octanol–water partition coefficient (Wildman–Crippen LogP) is 0.744. The van der Waals surface area contributed by atoms with Crippen molar-refractivity contribution < 1.29 is 9.53 Å². The molecule has 3 rings (SSSR count). The predicted molar refractivity (Wildman–Crippen MR) is 82.2 cm³/mol. The number of nitrogens with one attached hydrogen (secondary N) is 2. The maximum Gasteiger partial charge on any atom is 0.237 e. The van der Waals surface area contributed by atoms with Crippen molar-refractivity contribution in [2.24, 2.45) is 5.92 Å². The molecule has 120 valence electrons. The highest BCUT2D eigenvalue weighted by Gasteiger charge is 2.36. The summed E-state index contributed by atoms with van der Waals surface area (Å²) in [4.78, 5) is 15.1. The zero-order valence-corrected chi connectivity index (χ0v) is 13.1. The third kappa shape index (κ3) is 3.58. The highest BCUT2D eigenvalue weighted by atomic mass is 16.5. The lowest BCUT2D eigenvalue weighted by Gasteiger charge is -2.35. The second-order valence-electron chi connectivity index (χ2n) is 6.80. The molecule has 0 bridgehead atoms. The minimum atomic E-state index is 0.0953. The Hall–Kier alpha value is -0.650. The standard InChI is InChI=1S/C16H29N3O2/c1-12(13-6-10-21-11-13)18-16(20)15-3-2-9-19(15)14-4-7-17-8-5-14/h12-15,17H,2-11H2,1H3,(H,18,20). The SMILES string of the molecule is CC(NC(=O)C1CCCN1C1CCNCC1)C1CCOC1.